The van der Waals surface area contributed by atoms with Gasteiger partial charge >= 0.3 is 0 Å². The number of sulfonamides is 1. The lowest BCUT2D eigenvalue weighted by molar-refractivity contribution is 0.0934. The van der Waals surface area contributed by atoms with Gasteiger partial charge in [0.05, 0.1) is 4.90 Å². The molecule has 2 N–H and O–H groups in total. The highest BCUT2D eigenvalue weighted by Crippen LogP contribution is 2.16. The number of carbonyl (C=O) groups excluding carboxylic acids is 1. The number of benzene rings is 3. The van der Waals surface area contributed by atoms with E-state index in [-0.39, 0.29) is 16.9 Å². The van der Waals surface area contributed by atoms with Crippen LogP contribution in [0.1, 0.15) is 40.4 Å². The van der Waals surface area contributed by atoms with Crippen LogP contribution in [0.15, 0.2) is 71.6 Å². The van der Waals surface area contributed by atoms with E-state index in [0.29, 0.717) is 25.1 Å². The summed E-state index contributed by atoms with van der Waals surface area (Å²) in [6.45, 7) is 3.33. The third-order valence-electron chi connectivity index (χ3n) is 6.03. The van der Waals surface area contributed by atoms with E-state index < -0.39 is 33.6 Å². The van der Waals surface area contributed by atoms with Crippen LogP contribution in [0.5, 0.6) is 0 Å². The van der Waals surface area contributed by atoms with Crippen LogP contribution in [0.3, 0.4) is 0 Å². The van der Waals surface area contributed by atoms with Gasteiger partial charge in [-0.15, -0.1) is 0 Å². The van der Waals surface area contributed by atoms with Crippen molar-refractivity contribution in [3.05, 3.63) is 101 Å². The molecule has 3 rings (SSSR count). The van der Waals surface area contributed by atoms with E-state index in [1.165, 1.54) is 56.1 Å². The number of halogens is 2. The molecular weight excluding hydrogens is 496 g/mol. The Balaban J connectivity index is 1.69. The fourth-order valence-corrected chi connectivity index (χ4v) is 4.87. The van der Waals surface area contributed by atoms with Crippen molar-refractivity contribution in [3.63, 3.8) is 0 Å². The molecule has 0 aliphatic carbocycles. The number of rotatable bonds is 12. The van der Waals surface area contributed by atoms with Crippen molar-refractivity contribution in [2.45, 2.75) is 43.7 Å². The van der Waals surface area contributed by atoms with Crippen molar-refractivity contribution < 1.29 is 22.0 Å². The van der Waals surface area contributed by atoms with E-state index in [0.717, 1.165) is 22.4 Å². The van der Waals surface area contributed by atoms with Crippen molar-refractivity contribution in [1.29, 1.82) is 0 Å². The first-order valence-electron chi connectivity index (χ1n) is 12.2. The first-order chi connectivity index (χ1) is 17.6. The lowest BCUT2D eigenvalue weighted by Gasteiger charge is -2.20. The van der Waals surface area contributed by atoms with Gasteiger partial charge in [-0.25, -0.2) is 21.5 Å². The molecule has 0 spiro atoms. The topological polar surface area (TPSA) is 78.5 Å². The maximum Gasteiger partial charge on any atom is 0.251 e. The van der Waals surface area contributed by atoms with Crippen LogP contribution < -0.4 is 10.6 Å². The number of hydrogen-bond donors (Lipinski definition) is 2. The molecule has 0 unspecified atom stereocenters. The van der Waals surface area contributed by atoms with Gasteiger partial charge in [-0.2, -0.15) is 0 Å². The number of hydrogen-bond acceptors (Lipinski definition) is 4. The van der Waals surface area contributed by atoms with Gasteiger partial charge in [0, 0.05) is 38.3 Å². The highest BCUT2D eigenvalue weighted by Gasteiger charge is 2.19. The van der Waals surface area contributed by atoms with E-state index >= 15 is 0 Å². The Morgan fingerprint density at radius 3 is 2.19 bits per heavy atom. The van der Waals surface area contributed by atoms with Crippen LogP contribution in [0.2, 0.25) is 0 Å². The van der Waals surface area contributed by atoms with Crippen LogP contribution in [0.25, 0.3) is 0 Å². The standard InChI is InChI=1S/C28H33F2N3O3S/c1-4-20-6-5-7-21(14-20)19-31-13-12-26(17-22-15-24(29)18-25(30)16-22)32-28(34)23-8-10-27(11-9-23)37(35,36)33(2)3/h5-11,14-16,18,26,31H,4,12-13,17,19H2,1-3H3,(H,32,34)/t26-/m1/s1. The third-order valence-corrected chi connectivity index (χ3v) is 7.86. The molecule has 6 nitrogen and oxygen atoms in total. The number of nitrogens with zero attached hydrogens (tertiary/aromatic N) is 1. The molecule has 0 bridgehead atoms. The zero-order chi connectivity index (χ0) is 27.0. The predicted octanol–water partition coefficient (Wildman–Crippen LogP) is 4.30. The van der Waals surface area contributed by atoms with Crippen LogP contribution in [0, 0.1) is 11.6 Å². The molecule has 0 saturated carbocycles. The summed E-state index contributed by atoms with van der Waals surface area (Å²) in [6, 6.07) is 16.9. The second kappa shape index (κ2) is 12.9. The number of nitrogens with one attached hydrogen (secondary N) is 2. The predicted molar refractivity (Wildman–Crippen MR) is 141 cm³/mol. The molecular formula is C28H33F2N3O3S. The second-order valence-corrected chi connectivity index (χ2v) is 11.3. The lowest BCUT2D eigenvalue weighted by atomic mass is 10.0. The molecule has 1 amide bonds. The molecule has 3 aromatic rings. The molecule has 37 heavy (non-hydrogen) atoms. The minimum Gasteiger partial charge on any atom is -0.349 e. The van der Waals surface area contributed by atoms with E-state index in [4.69, 9.17) is 0 Å². The first-order valence-corrected chi connectivity index (χ1v) is 13.6. The van der Waals surface area contributed by atoms with Crippen molar-refractivity contribution in [2.24, 2.45) is 0 Å². The quantitative estimate of drug-likeness (QED) is 0.343. The van der Waals surface area contributed by atoms with Gasteiger partial charge in [0.2, 0.25) is 10.0 Å². The van der Waals surface area contributed by atoms with Crippen molar-refractivity contribution in [3.8, 4) is 0 Å². The third kappa shape index (κ3) is 8.18. The molecule has 0 aliphatic rings. The molecule has 0 radical (unpaired) electrons. The van der Waals surface area contributed by atoms with E-state index in [1.54, 1.807) is 0 Å². The van der Waals surface area contributed by atoms with Gasteiger partial charge < -0.3 is 10.6 Å². The van der Waals surface area contributed by atoms with Crippen LogP contribution >= 0.6 is 0 Å². The van der Waals surface area contributed by atoms with Crippen LogP contribution in [-0.2, 0) is 29.4 Å². The summed E-state index contributed by atoms with van der Waals surface area (Å²) < 4.78 is 53.2. The molecule has 9 heteroatoms. The molecule has 0 saturated heterocycles. The Labute approximate surface area is 217 Å². The minimum absolute atomic E-state index is 0.0807. The van der Waals surface area contributed by atoms with Gasteiger partial charge in [0.1, 0.15) is 11.6 Å². The number of carbonyl (C=O) groups is 1. The van der Waals surface area contributed by atoms with E-state index in [9.17, 15) is 22.0 Å². The molecule has 0 fully saturated rings. The maximum absolute atomic E-state index is 13.8. The van der Waals surface area contributed by atoms with Crippen molar-refractivity contribution in [2.75, 3.05) is 20.6 Å². The molecule has 3 aromatic carbocycles. The summed E-state index contributed by atoms with van der Waals surface area (Å²) in [5.41, 5.74) is 3.13. The Morgan fingerprint density at radius 1 is 0.919 bits per heavy atom. The summed E-state index contributed by atoms with van der Waals surface area (Å²) >= 11 is 0. The van der Waals surface area contributed by atoms with Gasteiger partial charge in [0.15, 0.2) is 0 Å². The summed E-state index contributed by atoms with van der Waals surface area (Å²) in [5, 5.41) is 6.30. The molecule has 0 heterocycles. The zero-order valence-corrected chi connectivity index (χ0v) is 22.1. The molecule has 0 aliphatic heterocycles. The second-order valence-electron chi connectivity index (χ2n) is 9.10. The van der Waals surface area contributed by atoms with Gasteiger partial charge in [-0.3, -0.25) is 4.79 Å². The van der Waals surface area contributed by atoms with E-state index in [1.807, 2.05) is 12.1 Å². The Kier molecular flexibility index (Phi) is 9.91. The van der Waals surface area contributed by atoms with Gasteiger partial charge in [-0.1, -0.05) is 31.2 Å². The Bertz CT molecular complexity index is 1290. The Morgan fingerprint density at radius 2 is 1.57 bits per heavy atom. The highest BCUT2D eigenvalue weighted by molar-refractivity contribution is 7.89. The minimum atomic E-state index is -3.61. The maximum atomic E-state index is 13.8. The number of amides is 1. The molecule has 198 valence electrons. The average molecular weight is 530 g/mol. The first kappa shape index (κ1) is 28.4. The van der Waals surface area contributed by atoms with Crippen LogP contribution in [0.4, 0.5) is 8.78 Å². The fraction of sp³-hybridized carbons (Fsp3) is 0.321. The molecule has 0 aromatic heterocycles. The summed E-state index contributed by atoms with van der Waals surface area (Å²) in [4.78, 5) is 13.0. The number of aryl methyl sites for hydroxylation is 1. The lowest BCUT2D eigenvalue weighted by Crippen LogP contribution is -2.38. The smallest absolute Gasteiger partial charge is 0.251 e. The molecule has 1 atom stereocenters. The normalized spacial score (nSPS) is 12.5. The van der Waals surface area contributed by atoms with Crippen LogP contribution in [-0.4, -0.2) is 45.3 Å². The Hall–Kier alpha value is -3.14. The van der Waals surface area contributed by atoms with E-state index in [2.05, 4.69) is 29.7 Å². The summed E-state index contributed by atoms with van der Waals surface area (Å²) in [7, 11) is -0.742. The monoisotopic (exact) mass is 529 g/mol. The highest BCUT2D eigenvalue weighted by atomic mass is 32.2. The fourth-order valence-electron chi connectivity index (χ4n) is 3.96. The average Bonchev–Trinajstić information content (AvgIpc) is 2.86. The zero-order valence-electron chi connectivity index (χ0n) is 21.3. The van der Waals surface area contributed by atoms with Crippen molar-refractivity contribution in [1.82, 2.24) is 14.9 Å². The SMILES string of the molecule is CCc1cccc(CNCC[C@H](Cc2cc(F)cc(F)c2)NC(=O)c2ccc(S(=O)(=O)N(C)C)cc2)c1. The largest absolute Gasteiger partial charge is 0.349 e. The van der Waals surface area contributed by atoms with Gasteiger partial charge in [0.25, 0.3) is 5.91 Å². The summed E-state index contributed by atoms with van der Waals surface area (Å²) in [5.74, 6) is -1.75. The van der Waals surface area contributed by atoms with Crippen molar-refractivity contribution >= 4 is 15.9 Å². The summed E-state index contributed by atoms with van der Waals surface area (Å²) in [6.07, 6.45) is 1.71. The van der Waals surface area contributed by atoms with Gasteiger partial charge in [-0.05, 0) is 78.9 Å².